The van der Waals surface area contributed by atoms with Gasteiger partial charge < -0.3 is 5.73 Å². The van der Waals surface area contributed by atoms with Crippen LogP contribution in [0.25, 0.3) is 0 Å². The van der Waals surface area contributed by atoms with Crippen molar-refractivity contribution in [1.29, 1.82) is 0 Å². The van der Waals surface area contributed by atoms with Crippen LogP contribution in [0.5, 0.6) is 0 Å². The Morgan fingerprint density at radius 2 is 1.90 bits per heavy atom. The molecule has 6 heteroatoms. The minimum absolute atomic E-state index is 0.106. The van der Waals surface area contributed by atoms with E-state index in [9.17, 15) is 8.42 Å². The highest BCUT2D eigenvalue weighted by Gasteiger charge is 2.23. The van der Waals surface area contributed by atoms with Gasteiger partial charge in [-0.3, -0.25) is 0 Å². The number of nitrogens with one attached hydrogen (secondary N) is 1. The normalized spacial score (nSPS) is 13.7. The molecule has 4 nitrogen and oxygen atoms in total. The number of halogens is 1. The number of sulfonamides is 1. The number of rotatable bonds is 7. The Morgan fingerprint density at radius 3 is 2.35 bits per heavy atom. The first-order valence-corrected chi connectivity index (χ1v) is 8.72. The van der Waals surface area contributed by atoms with E-state index in [2.05, 4.69) is 18.6 Å². The Labute approximate surface area is 126 Å². The van der Waals surface area contributed by atoms with Crippen molar-refractivity contribution in [2.45, 2.75) is 51.1 Å². The molecule has 0 saturated carbocycles. The summed E-state index contributed by atoms with van der Waals surface area (Å²) < 4.78 is 27.5. The lowest BCUT2D eigenvalue weighted by atomic mass is 9.96. The minimum Gasteiger partial charge on any atom is -0.326 e. The molecule has 114 valence electrons. The second-order valence-corrected chi connectivity index (χ2v) is 7.05. The number of hydrogen-bond donors (Lipinski definition) is 2. The third kappa shape index (κ3) is 4.19. The van der Waals surface area contributed by atoms with Gasteiger partial charge in [0.2, 0.25) is 10.0 Å². The molecule has 0 saturated heterocycles. The zero-order chi connectivity index (χ0) is 15.3. The monoisotopic (exact) mass is 318 g/mol. The molecule has 3 N–H and O–H groups in total. The van der Waals surface area contributed by atoms with E-state index in [0.29, 0.717) is 12.5 Å². The molecule has 0 spiro atoms. The Hall–Kier alpha value is -0.620. The van der Waals surface area contributed by atoms with Crippen LogP contribution in [0.3, 0.4) is 0 Å². The Morgan fingerprint density at radius 1 is 1.30 bits per heavy atom. The number of hydrogen-bond acceptors (Lipinski definition) is 3. The Balaban J connectivity index is 2.99. The third-order valence-electron chi connectivity index (χ3n) is 3.62. The SMILES string of the molecule is CCC(CC)C(C)NS(=O)(=O)c1ccc(CN)cc1Cl. The van der Waals surface area contributed by atoms with Gasteiger partial charge in [0, 0.05) is 12.6 Å². The summed E-state index contributed by atoms with van der Waals surface area (Å²) in [6.07, 6.45) is 1.86. The van der Waals surface area contributed by atoms with Crippen LogP contribution in [0.4, 0.5) is 0 Å². The van der Waals surface area contributed by atoms with Gasteiger partial charge in [-0.05, 0) is 30.5 Å². The van der Waals surface area contributed by atoms with Gasteiger partial charge >= 0.3 is 0 Å². The molecule has 1 aromatic carbocycles. The first-order chi connectivity index (χ1) is 9.35. The molecular formula is C14H23ClN2O2S. The quantitative estimate of drug-likeness (QED) is 0.812. The van der Waals surface area contributed by atoms with E-state index in [4.69, 9.17) is 17.3 Å². The first-order valence-electron chi connectivity index (χ1n) is 6.86. The predicted molar refractivity (Wildman–Crippen MR) is 83.2 cm³/mol. The van der Waals surface area contributed by atoms with Crippen LogP contribution in [0, 0.1) is 5.92 Å². The van der Waals surface area contributed by atoms with E-state index >= 15 is 0 Å². The van der Waals surface area contributed by atoms with Crippen LogP contribution in [0.15, 0.2) is 23.1 Å². The molecule has 1 unspecified atom stereocenters. The van der Waals surface area contributed by atoms with E-state index in [0.717, 1.165) is 18.4 Å². The van der Waals surface area contributed by atoms with Gasteiger partial charge in [0.1, 0.15) is 4.90 Å². The van der Waals surface area contributed by atoms with Crippen LogP contribution in [0.1, 0.15) is 39.2 Å². The lowest BCUT2D eigenvalue weighted by molar-refractivity contribution is 0.391. The molecule has 1 rings (SSSR count). The summed E-state index contributed by atoms with van der Waals surface area (Å²) in [6.45, 7) is 6.33. The van der Waals surface area contributed by atoms with Gasteiger partial charge in [-0.1, -0.05) is 44.4 Å². The fourth-order valence-electron chi connectivity index (χ4n) is 2.29. The smallest absolute Gasteiger partial charge is 0.242 e. The summed E-state index contributed by atoms with van der Waals surface area (Å²) >= 11 is 6.05. The highest BCUT2D eigenvalue weighted by molar-refractivity contribution is 7.89. The van der Waals surface area contributed by atoms with E-state index in [1.165, 1.54) is 6.07 Å². The molecule has 20 heavy (non-hydrogen) atoms. The number of benzene rings is 1. The number of nitrogens with two attached hydrogens (primary N) is 1. The average molecular weight is 319 g/mol. The highest BCUT2D eigenvalue weighted by Crippen LogP contribution is 2.24. The van der Waals surface area contributed by atoms with Gasteiger partial charge in [0.05, 0.1) is 5.02 Å². The second kappa shape index (κ2) is 7.41. The lowest BCUT2D eigenvalue weighted by Gasteiger charge is -2.22. The van der Waals surface area contributed by atoms with E-state index in [-0.39, 0.29) is 16.0 Å². The van der Waals surface area contributed by atoms with E-state index in [1.54, 1.807) is 12.1 Å². The molecule has 1 aromatic rings. The lowest BCUT2D eigenvalue weighted by Crippen LogP contribution is -2.37. The molecular weight excluding hydrogens is 296 g/mol. The van der Waals surface area contributed by atoms with Gasteiger partial charge in [-0.25, -0.2) is 13.1 Å². The van der Waals surface area contributed by atoms with Crippen molar-refractivity contribution in [3.05, 3.63) is 28.8 Å². The predicted octanol–water partition coefficient (Wildman–Crippen LogP) is 2.90. The summed E-state index contributed by atoms with van der Waals surface area (Å²) in [6, 6.07) is 4.66. The molecule has 0 bridgehead atoms. The fourth-order valence-corrected chi connectivity index (χ4v) is 4.17. The molecule has 0 aliphatic heterocycles. The largest absolute Gasteiger partial charge is 0.326 e. The zero-order valence-electron chi connectivity index (χ0n) is 12.2. The molecule has 0 aliphatic carbocycles. The summed E-state index contributed by atoms with van der Waals surface area (Å²) in [5.41, 5.74) is 6.32. The van der Waals surface area contributed by atoms with Crippen LogP contribution < -0.4 is 10.5 Å². The van der Waals surface area contributed by atoms with Crippen LogP contribution in [-0.4, -0.2) is 14.5 Å². The summed E-state index contributed by atoms with van der Waals surface area (Å²) in [5, 5.41) is 0.206. The summed E-state index contributed by atoms with van der Waals surface area (Å²) in [5.74, 6) is 0.312. The van der Waals surface area contributed by atoms with Crippen molar-refractivity contribution in [3.8, 4) is 0 Å². The van der Waals surface area contributed by atoms with Crippen molar-refractivity contribution in [3.63, 3.8) is 0 Å². The zero-order valence-corrected chi connectivity index (χ0v) is 13.8. The van der Waals surface area contributed by atoms with E-state index in [1.807, 2.05) is 6.92 Å². The van der Waals surface area contributed by atoms with Gasteiger partial charge in [0.25, 0.3) is 0 Å². The maximum atomic E-state index is 12.4. The van der Waals surface area contributed by atoms with Gasteiger partial charge in [0.15, 0.2) is 0 Å². The second-order valence-electron chi connectivity index (χ2n) is 4.96. The fraction of sp³-hybridized carbons (Fsp3) is 0.571. The standard InChI is InChI=1S/C14H23ClN2O2S/c1-4-12(5-2)10(3)17-20(18,19)14-7-6-11(9-16)8-13(14)15/h6-8,10,12,17H,4-5,9,16H2,1-3H3. The average Bonchev–Trinajstić information content (AvgIpc) is 2.38. The molecule has 0 amide bonds. The van der Waals surface area contributed by atoms with Crippen LogP contribution in [0.2, 0.25) is 5.02 Å². The Bertz CT molecular complexity index is 542. The Kier molecular flexibility index (Phi) is 6.45. The molecule has 0 radical (unpaired) electrons. The van der Waals surface area contributed by atoms with Crippen LogP contribution in [-0.2, 0) is 16.6 Å². The summed E-state index contributed by atoms with van der Waals surface area (Å²) in [7, 11) is -3.60. The molecule has 0 fully saturated rings. The van der Waals surface area contributed by atoms with Crippen molar-refractivity contribution >= 4 is 21.6 Å². The topological polar surface area (TPSA) is 72.2 Å². The molecule has 0 aromatic heterocycles. The van der Waals surface area contributed by atoms with Gasteiger partial charge in [-0.15, -0.1) is 0 Å². The van der Waals surface area contributed by atoms with Crippen molar-refractivity contribution < 1.29 is 8.42 Å². The first kappa shape index (κ1) is 17.4. The van der Waals surface area contributed by atoms with Gasteiger partial charge in [-0.2, -0.15) is 0 Å². The van der Waals surface area contributed by atoms with Crippen molar-refractivity contribution in [2.75, 3.05) is 0 Å². The maximum Gasteiger partial charge on any atom is 0.242 e. The molecule has 0 heterocycles. The van der Waals surface area contributed by atoms with Crippen molar-refractivity contribution in [1.82, 2.24) is 4.72 Å². The molecule has 1 atom stereocenters. The van der Waals surface area contributed by atoms with Crippen molar-refractivity contribution in [2.24, 2.45) is 11.7 Å². The summed E-state index contributed by atoms with van der Waals surface area (Å²) in [4.78, 5) is 0.106. The van der Waals surface area contributed by atoms with Crippen LogP contribution >= 0.6 is 11.6 Å². The third-order valence-corrected chi connectivity index (χ3v) is 5.66. The maximum absolute atomic E-state index is 12.4. The minimum atomic E-state index is -3.60. The van der Waals surface area contributed by atoms with E-state index < -0.39 is 10.0 Å². The highest BCUT2D eigenvalue weighted by atomic mass is 35.5. The molecule has 0 aliphatic rings.